The number of pyridine rings is 1. The molecule has 5 rings (SSSR count). The van der Waals surface area contributed by atoms with E-state index < -0.39 is 0 Å². The summed E-state index contributed by atoms with van der Waals surface area (Å²) in [7, 11) is 0. The maximum Gasteiger partial charge on any atom is 0.255 e. The van der Waals surface area contributed by atoms with Gasteiger partial charge in [0.25, 0.3) is 5.91 Å². The van der Waals surface area contributed by atoms with Gasteiger partial charge < -0.3 is 10.2 Å². The summed E-state index contributed by atoms with van der Waals surface area (Å²) in [4.78, 5) is 25.7. The van der Waals surface area contributed by atoms with E-state index in [1.807, 2.05) is 67.6 Å². The molecule has 0 atom stereocenters. The van der Waals surface area contributed by atoms with Crippen LogP contribution in [-0.4, -0.2) is 42.0 Å². The van der Waals surface area contributed by atoms with Gasteiger partial charge in [0, 0.05) is 38.3 Å². The number of amides is 1. The van der Waals surface area contributed by atoms with Crippen LogP contribution in [0.1, 0.15) is 27.0 Å². The first kappa shape index (κ1) is 25.7. The van der Waals surface area contributed by atoms with Crippen molar-refractivity contribution in [2.45, 2.75) is 13.5 Å². The second-order valence-electron chi connectivity index (χ2n) is 9.62. The Morgan fingerprint density at radius 2 is 1.82 bits per heavy atom. The third-order valence-corrected chi connectivity index (χ3v) is 6.97. The number of rotatable bonds is 6. The minimum atomic E-state index is -0.197. The fraction of sp³-hybridized carbons (Fsp3) is 0.188. The molecule has 39 heavy (non-hydrogen) atoms. The molecule has 0 unspecified atom stereocenters. The summed E-state index contributed by atoms with van der Waals surface area (Å²) in [6.07, 6.45) is 1.70. The number of carbonyl (C=O) groups excluding carboxylic acids is 1. The van der Waals surface area contributed by atoms with Gasteiger partial charge in [0.1, 0.15) is 5.82 Å². The molecule has 2 heterocycles. The molecule has 3 aromatic carbocycles. The topological polar surface area (TPSA) is 76.6 Å². The molecule has 0 saturated carbocycles. The van der Waals surface area contributed by atoms with Crippen molar-refractivity contribution in [1.82, 2.24) is 9.88 Å². The third kappa shape index (κ3) is 6.13. The highest BCUT2D eigenvalue weighted by Crippen LogP contribution is 2.27. The average Bonchev–Trinajstić information content (AvgIpc) is 2.98. The van der Waals surface area contributed by atoms with E-state index in [2.05, 4.69) is 37.1 Å². The Hall–Kier alpha value is -4.98. The second-order valence-corrected chi connectivity index (χ2v) is 9.62. The quantitative estimate of drug-likeness (QED) is 0.318. The number of anilines is 2. The van der Waals surface area contributed by atoms with Crippen LogP contribution in [0.25, 0.3) is 16.0 Å². The highest BCUT2D eigenvalue weighted by Gasteiger charge is 2.18. The van der Waals surface area contributed by atoms with Crippen LogP contribution < -0.4 is 10.2 Å². The van der Waals surface area contributed by atoms with E-state index >= 15 is 0 Å². The molecule has 1 aromatic heterocycles. The number of benzene rings is 3. The third-order valence-electron chi connectivity index (χ3n) is 6.97. The molecule has 1 amide bonds. The zero-order chi connectivity index (χ0) is 27.2. The number of hydrogen-bond donors (Lipinski definition) is 1. The Balaban J connectivity index is 1.18. The van der Waals surface area contributed by atoms with Gasteiger partial charge in [-0.15, -0.1) is 0 Å². The normalized spacial score (nSPS) is 13.4. The molecular formula is C32H28N6O. The number of nitrogens with zero attached hydrogens (tertiary/aromatic N) is 5. The van der Waals surface area contributed by atoms with Crippen LogP contribution in [0.3, 0.4) is 0 Å². The maximum atomic E-state index is 13.0. The van der Waals surface area contributed by atoms with Crippen molar-refractivity contribution in [3.8, 4) is 17.2 Å². The lowest BCUT2D eigenvalue weighted by atomic mass is 9.97. The van der Waals surface area contributed by atoms with Gasteiger partial charge in [-0.2, -0.15) is 5.26 Å². The number of nitrogens with one attached hydrogen (secondary N) is 1. The second kappa shape index (κ2) is 11.6. The lowest BCUT2D eigenvalue weighted by molar-refractivity contribution is 0.102. The van der Waals surface area contributed by atoms with E-state index in [9.17, 15) is 4.79 Å². The van der Waals surface area contributed by atoms with Crippen molar-refractivity contribution in [3.05, 3.63) is 119 Å². The molecule has 7 heteroatoms. The Morgan fingerprint density at radius 3 is 2.51 bits per heavy atom. The van der Waals surface area contributed by atoms with Crippen LogP contribution in [0.2, 0.25) is 0 Å². The van der Waals surface area contributed by atoms with Crippen LogP contribution in [0, 0.1) is 24.8 Å². The van der Waals surface area contributed by atoms with Gasteiger partial charge in [0.05, 0.1) is 30.1 Å². The largest absolute Gasteiger partial charge is 0.354 e. The Bertz CT molecular complexity index is 1560. The van der Waals surface area contributed by atoms with Gasteiger partial charge in [-0.25, -0.2) is 9.83 Å². The Labute approximate surface area is 228 Å². The fourth-order valence-corrected chi connectivity index (χ4v) is 4.77. The monoisotopic (exact) mass is 512 g/mol. The predicted octanol–water partition coefficient (Wildman–Crippen LogP) is 6.05. The zero-order valence-electron chi connectivity index (χ0n) is 21.8. The Morgan fingerprint density at radius 1 is 1.03 bits per heavy atom. The van der Waals surface area contributed by atoms with Gasteiger partial charge in [-0.05, 0) is 65.6 Å². The number of carbonyl (C=O) groups is 1. The van der Waals surface area contributed by atoms with E-state index in [-0.39, 0.29) is 5.91 Å². The number of aryl methyl sites for hydroxylation is 1. The smallest absolute Gasteiger partial charge is 0.255 e. The van der Waals surface area contributed by atoms with E-state index in [1.54, 1.807) is 18.3 Å². The first-order valence-corrected chi connectivity index (χ1v) is 12.8. The Kier molecular flexibility index (Phi) is 7.63. The van der Waals surface area contributed by atoms with Crippen molar-refractivity contribution >= 4 is 23.1 Å². The molecule has 1 aliphatic rings. The van der Waals surface area contributed by atoms with Gasteiger partial charge in [-0.3, -0.25) is 9.69 Å². The molecule has 1 fully saturated rings. The number of nitriles is 1. The fourth-order valence-electron chi connectivity index (χ4n) is 4.77. The van der Waals surface area contributed by atoms with E-state index in [0.29, 0.717) is 22.5 Å². The van der Waals surface area contributed by atoms with Gasteiger partial charge in [0.2, 0.25) is 0 Å². The molecule has 1 saturated heterocycles. The lowest BCUT2D eigenvalue weighted by Crippen LogP contribution is -2.46. The molecule has 4 aromatic rings. The molecular weight excluding hydrogens is 484 g/mol. The summed E-state index contributed by atoms with van der Waals surface area (Å²) in [5.41, 5.74) is 6.63. The average molecular weight is 513 g/mol. The first-order chi connectivity index (χ1) is 19.0. The highest BCUT2D eigenvalue weighted by molar-refractivity contribution is 6.05. The molecule has 0 radical (unpaired) electrons. The highest BCUT2D eigenvalue weighted by atomic mass is 16.1. The lowest BCUT2D eigenvalue weighted by Gasteiger charge is -2.35. The number of aromatic nitrogens is 1. The zero-order valence-corrected chi connectivity index (χ0v) is 21.8. The predicted molar refractivity (Wildman–Crippen MR) is 154 cm³/mol. The van der Waals surface area contributed by atoms with E-state index in [1.165, 1.54) is 0 Å². The summed E-state index contributed by atoms with van der Waals surface area (Å²) in [5, 5.41) is 12.1. The number of hydrogen-bond acceptors (Lipinski definition) is 5. The van der Waals surface area contributed by atoms with Crippen molar-refractivity contribution in [2.75, 3.05) is 36.4 Å². The molecule has 1 N–H and O–H groups in total. The first-order valence-electron chi connectivity index (χ1n) is 12.8. The van der Waals surface area contributed by atoms with E-state index in [4.69, 9.17) is 11.8 Å². The van der Waals surface area contributed by atoms with Crippen molar-refractivity contribution in [1.29, 1.82) is 5.26 Å². The molecule has 192 valence electrons. The van der Waals surface area contributed by atoms with Crippen LogP contribution in [-0.2, 0) is 6.54 Å². The van der Waals surface area contributed by atoms with Crippen molar-refractivity contribution < 1.29 is 4.79 Å². The summed E-state index contributed by atoms with van der Waals surface area (Å²) in [5.74, 6) is 0.692. The van der Waals surface area contributed by atoms with Gasteiger partial charge in [-0.1, -0.05) is 42.5 Å². The summed E-state index contributed by atoms with van der Waals surface area (Å²) in [6, 6.07) is 26.8. The minimum Gasteiger partial charge on any atom is -0.354 e. The minimum absolute atomic E-state index is 0.197. The van der Waals surface area contributed by atoms with Crippen LogP contribution >= 0.6 is 0 Å². The van der Waals surface area contributed by atoms with Crippen molar-refractivity contribution in [2.24, 2.45) is 0 Å². The summed E-state index contributed by atoms with van der Waals surface area (Å²) < 4.78 is 0. The molecule has 0 aliphatic carbocycles. The number of piperazine rings is 1. The maximum absolute atomic E-state index is 13.0. The van der Waals surface area contributed by atoms with E-state index in [0.717, 1.165) is 60.8 Å². The molecule has 7 nitrogen and oxygen atoms in total. The van der Waals surface area contributed by atoms with Gasteiger partial charge in [0.15, 0.2) is 5.69 Å². The molecule has 0 spiro atoms. The van der Waals surface area contributed by atoms with Crippen molar-refractivity contribution in [3.63, 3.8) is 0 Å². The van der Waals surface area contributed by atoms with Crippen LogP contribution in [0.4, 0.5) is 17.2 Å². The van der Waals surface area contributed by atoms with Crippen LogP contribution in [0.5, 0.6) is 0 Å². The molecule has 0 bridgehead atoms. The SMILES string of the molecule is [C-]#[N+]c1ccc(-c2cc(C(=O)Nc3ccc(N4CCN(Cc5cccc(C#N)c5)CC4)nc3)ccc2C)cc1. The van der Waals surface area contributed by atoms with Gasteiger partial charge >= 0.3 is 0 Å². The summed E-state index contributed by atoms with van der Waals surface area (Å²) in [6.45, 7) is 13.5. The molecule has 1 aliphatic heterocycles. The standard InChI is InChI=1S/C32H28N6O/c1-23-6-7-27(19-30(23)26-8-10-28(34-2)11-9-26)32(39)36-29-12-13-31(35-21-29)38-16-14-37(15-17-38)22-25-5-3-4-24(18-25)20-33/h3-13,18-19,21H,14-17,22H2,1H3,(H,36,39). The van der Waals surface area contributed by atoms with Crippen LogP contribution in [0.15, 0.2) is 85.1 Å². The summed E-state index contributed by atoms with van der Waals surface area (Å²) >= 11 is 0.